The molecule has 4 rings (SSSR count). The van der Waals surface area contributed by atoms with E-state index in [-0.39, 0.29) is 18.2 Å². The number of ether oxygens (including phenoxy) is 2. The van der Waals surface area contributed by atoms with E-state index in [4.69, 9.17) is 21.1 Å². The van der Waals surface area contributed by atoms with Crippen LogP contribution in [-0.2, 0) is 11.4 Å². The van der Waals surface area contributed by atoms with Crippen LogP contribution in [0.5, 0.6) is 11.5 Å². The van der Waals surface area contributed by atoms with Crippen molar-refractivity contribution in [3.05, 3.63) is 92.5 Å². The predicted octanol–water partition coefficient (Wildman–Crippen LogP) is 5.33. The third-order valence-electron chi connectivity index (χ3n) is 4.80. The molecule has 0 saturated heterocycles. The van der Waals surface area contributed by atoms with Gasteiger partial charge in [-0.1, -0.05) is 29.8 Å². The molecule has 0 saturated carbocycles. The Morgan fingerprint density at radius 1 is 1.13 bits per heavy atom. The second-order valence-corrected chi connectivity index (χ2v) is 7.21. The Morgan fingerprint density at radius 2 is 1.87 bits per heavy atom. The number of amides is 1. The molecule has 7 nitrogen and oxygen atoms in total. The molecule has 0 fully saturated rings. The number of rotatable bonds is 6. The summed E-state index contributed by atoms with van der Waals surface area (Å²) in [7, 11) is 1.50. The number of non-ortho nitro benzene ring substituents is 1. The maximum Gasteiger partial charge on any atom is 0.269 e. The molecule has 0 atom stereocenters. The number of para-hydroxylation sites is 1. The number of fused-ring (bicyclic) bond motifs is 1. The summed E-state index contributed by atoms with van der Waals surface area (Å²) in [4.78, 5) is 22.7. The summed E-state index contributed by atoms with van der Waals surface area (Å²) >= 11 is 6.44. The van der Waals surface area contributed by atoms with Gasteiger partial charge in [0.15, 0.2) is 11.5 Å². The highest BCUT2D eigenvalue weighted by Gasteiger charge is 2.23. The number of hydrogen-bond donors (Lipinski definition) is 1. The van der Waals surface area contributed by atoms with Gasteiger partial charge in [0.05, 0.1) is 17.1 Å². The first-order valence-corrected chi connectivity index (χ1v) is 9.70. The summed E-state index contributed by atoms with van der Waals surface area (Å²) in [6.07, 6.45) is 1.75. The maximum atomic E-state index is 12.4. The Balaban J connectivity index is 1.59. The number of nitro benzene ring substituents is 1. The van der Waals surface area contributed by atoms with E-state index in [2.05, 4.69) is 5.32 Å². The number of halogens is 1. The zero-order valence-electron chi connectivity index (χ0n) is 16.4. The van der Waals surface area contributed by atoms with Crippen LogP contribution >= 0.6 is 11.6 Å². The molecule has 8 heteroatoms. The van der Waals surface area contributed by atoms with E-state index in [1.54, 1.807) is 30.3 Å². The monoisotopic (exact) mass is 436 g/mol. The minimum absolute atomic E-state index is 0.00859. The molecule has 1 aliphatic rings. The molecule has 0 bridgehead atoms. The average Bonchev–Trinajstić information content (AvgIpc) is 3.08. The molecule has 0 aliphatic carbocycles. The van der Waals surface area contributed by atoms with Crippen molar-refractivity contribution in [2.75, 3.05) is 12.4 Å². The van der Waals surface area contributed by atoms with Crippen LogP contribution in [0.25, 0.3) is 11.6 Å². The number of anilines is 1. The summed E-state index contributed by atoms with van der Waals surface area (Å²) < 4.78 is 11.3. The fourth-order valence-electron chi connectivity index (χ4n) is 3.28. The number of hydrogen-bond acceptors (Lipinski definition) is 5. The summed E-state index contributed by atoms with van der Waals surface area (Å²) in [5, 5.41) is 13.9. The largest absolute Gasteiger partial charge is 0.493 e. The highest BCUT2D eigenvalue weighted by atomic mass is 35.5. The number of methoxy groups -OCH3 is 1. The smallest absolute Gasteiger partial charge is 0.269 e. The summed E-state index contributed by atoms with van der Waals surface area (Å²) in [6.45, 7) is 0.157. The molecule has 3 aromatic carbocycles. The molecule has 1 aliphatic heterocycles. The van der Waals surface area contributed by atoms with Crippen molar-refractivity contribution in [1.82, 2.24) is 0 Å². The van der Waals surface area contributed by atoms with Gasteiger partial charge in [0.1, 0.15) is 6.61 Å². The lowest BCUT2D eigenvalue weighted by Crippen LogP contribution is -2.03. The maximum absolute atomic E-state index is 12.4. The highest BCUT2D eigenvalue weighted by Crippen LogP contribution is 2.39. The average molecular weight is 437 g/mol. The first-order valence-electron chi connectivity index (χ1n) is 9.32. The number of carbonyl (C=O) groups excluding carboxylic acids is 1. The van der Waals surface area contributed by atoms with E-state index in [1.807, 2.05) is 24.3 Å². The lowest BCUT2D eigenvalue weighted by atomic mass is 10.0. The van der Waals surface area contributed by atoms with Crippen molar-refractivity contribution < 1.29 is 19.2 Å². The number of nitrogens with one attached hydrogen (secondary N) is 1. The van der Waals surface area contributed by atoms with E-state index in [1.165, 1.54) is 19.2 Å². The van der Waals surface area contributed by atoms with Gasteiger partial charge in [-0.15, -0.1) is 0 Å². The quantitative estimate of drug-likeness (QED) is 0.320. The molecule has 0 unspecified atom stereocenters. The molecule has 0 spiro atoms. The van der Waals surface area contributed by atoms with E-state index in [9.17, 15) is 14.9 Å². The van der Waals surface area contributed by atoms with Gasteiger partial charge in [-0.2, -0.15) is 0 Å². The summed E-state index contributed by atoms with van der Waals surface area (Å²) in [6, 6.07) is 16.9. The lowest BCUT2D eigenvalue weighted by molar-refractivity contribution is -0.384. The van der Waals surface area contributed by atoms with Gasteiger partial charge in [0, 0.05) is 29.0 Å². The molecule has 1 N–H and O–H groups in total. The first-order chi connectivity index (χ1) is 15.0. The van der Waals surface area contributed by atoms with Gasteiger partial charge in [-0.3, -0.25) is 14.9 Å². The third kappa shape index (κ3) is 4.22. The van der Waals surface area contributed by atoms with Crippen LogP contribution in [0.15, 0.2) is 60.7 Å². The molecule has 31 heavy (non-hydrogen) atoms. The van der Waals surface area contributed by atoms with Crippen LogP contribution in [0.4, 0.5) is 11.4 Å². The van der Waals surface area contributed by atoms with Gasteiger partial charge in [0.25, 0.3) is 11.6 Å². The van der Waals surface area contributed by atoms with Crippen molar-refractivity contribution in [3.8, 4) is 11.5 Å². The van der Waals surface area contributed by atoms with Crippen molar-refractivity contribution in [2.45, 2.75) is 6.61 Å². The molecule has 156 valence electrons. The first kappa shape index (κ1) is 20.4. The Bertz CT molecular complexity index is 1210. The minimum atomic E-state index is -0.458. The van der Waals surface area contributed by atoms with Crippen LogP contribution in [0.3, 0.4) is 0 Å². The van der Waals surface area contributed by atoms with E-state index in [0.29, 0.717) is 27.7 Å². The van der Waals surface area contributed by atoms with Gasteiger partial charge < -0.3 is 14.8 Å². The fourth-order valence-corrected chi connectivity index (χ4v) is 3.56. The van der Waals surface area contributed by atoms with Gasteiger partial charge in [0.2, 0.25) is 0 Å². The second kappa shape index (κ2) is 8.49. The minimum Gasteiger partial charge on any atom is -0.493 e. The molecule has 3 aromatic rings. The van der Waals surface area contributed by atoms with Crippen molar-refractivity contribution in [3.63, 3.8) is 0 Å². The number of nitro groups is 1. The van der Waals surface area contributed by atoms with Gasteiger partial charge >= 0.3 is 0 Å². The Labute approximate surface area is 183 Å². The van der Waals surface area contributed by atoms with E-state index < -0.39 is 4.92 Å². The van der Waals surface area contributed by atoms with E-state index in [0.717, 1.165) is 16.8 Å². The number of nitrogens with zero attached hydrogens (tertiary/aromatic N) is 1. The molecule has 1 amide bonds. The highest BCUT2D eigenvalue weighted by molar-refractivity contribution is 6.35. The zero-order chi connectivity index (χ0) is 22.0. The predicted molar refractivity (Wildman–Crippen MR) is 118 cm³/mol. The van der Waals surface area contributed by atoms with Crippen molar-refractivity contribution in [2.24, 2.45) is 0 Å². The Kier molecular flexibility index (Phi) is 5.60. The SMILES string of the molecule is COc1cc(/C=C2\C(=O)Nc3ccccc32)cc(Cl)c1OCc1ccc([N+](=O)[O-])cc1. The normalized spacial score (nSPS) is 13.6. The number of benzene rings is 3. The van der Waals surface area contributed by atoms with Crippen LogP contribution in [0.1, 0.15) is 16.7 Å². The Morgan fingerprint density at radius 3 is 2.58 bits per heavy atom. The molecule has 0 radical (unpaired) electrons. The van der Waals surface area contributed by atoms with E-state index >= 15 is 0 Å². The van der Waals surface area contributed by atoms with Crippen LogP contribution in [0.2, 0.25) is 5.02 Å². The van der Waals surface area contributed by atoms with Crippen LogP contribution in [0, 0.1) is 10.1 Å². The molecule has 1 heterocycles. The fraction of sp³-hybridized carbons (Fsp3) is 0.0870. The lowest BCUT2D eigenvalue weighted by Gasteiger charge is -2.13. The van der Waals surface area contributed by atoms with Gasteiger partial charge in [-0.05, 0) is 47.5 Å². The molecular weight excluding hydrogens is 420 g/mol. The summed E-state index contributed by atoms with van der Waals surface area (Å²) in [5.41, 5.74) is 3.56. The Hall–Kier alpha value is -3.84. The molecule has 0 aromatic heterocycles. The van der Waals surface area contributed by atoms with Crippen molar-refractivity contribution >= 4 is 40.5 Å². The number of carbonyl (C=O) groups is 1. The molecular formula is C23H17ClN2O5. The summed E-state index contributed by atoms with van der Waals surface area (Å²) in [5.74, 6) is 0.573. The van der Waals surface area contributed by atoms with Crippen LogP contribution in [-0.4, -0.2) is 17.9 Å². The second-order valence-electron chi connectivity index (χ2n) is 6.80. The van der Waals surface area contributed by atoms with Gasteiger partial charge in [-0.25, -0.2) is 0 Å². The van der Waals surface area contributed by atoms with Crippen LogP contribution < -0.4 is 14.8 Å². The standard InChI is InChI=1S/C23H17ClN2O5/c1-30-21-12-15(10-18-17-4-2-3-5-20(17)25-23(18)27)11-19(24)22(21)31-13-14-6-8-16(9-7-14)26(28)29/h2-12H,13H2,1H3,(H,25,27)/b18-10-. The van der Waals surface area contributed by atoms with Crippen molar-refractivity contribution in [1.29, 1.82) is 0 Å². The third-order valence-corrected chi connectivity index (χ3v) is 5.08. The topological polar surface area (TPSA) is 90.7 Å². The zero-order valence-corrected chi connectivity index (χ0v) is 17.2.